The van der Waals surface area contributed by atoms with Crippen molar-refractivity contribution >= 4 is 33.4 Å². The lowest BCUT2D eigenvalue weighted by Crippen LogP contribution is -2.33. The van der Waals surface area contributed by atoms with Gasteiger partial charge in [-0.15, -0.1) is 17.8 Å². The number of amides is 1. The molecule has 6 heteroatoms. The number of para-hydroxylation sites is 1. The van der Waals surface area contributed by atoms with Crippen LogP contribution in [-0.2, 0) is 14.3 Å². The van der Waals surface area contributed by atoms with Gasteiger partial charge in [-0.05, 0) is 25.0 Å². The zero-order chi connectivity index (χ0) is 17.6. The molecule has 5 nitrogen and oxygen atoms in total. The molecule has 1 aromatic heterocycles. The molecule has 0 spiro atoms. The molecule has 25 heavy (non-hydrogen) atoms. The van der Waals surface area contributed by atoms with Crippen molar-refractivity contribution in [2.75, 3.05) is 13.2 Å². The summed E-state index contributed by atoms with van der Waals surface area (Å²) in [5.41, 5.74) is 0.967. The average molecular weight is 356 g/mol. The highest BCUT2D eigenvalue weighted by Crippen LogP contribution is 2.41. The molecular weight excluding hydrogens is 336 g/mol. The number of carbonyl (C=O) groups excluding carboxylic acids is 2. The largest absolute Gasteiger partial charge is 0.455 e. The quantitative estimate of drug-likeness (QED) is 0.661. The Morgan fingerprint density at radius 3 is 2.92 bits per heavy atom. The van der Waals surface area contributed by atoms with E-state index >= 15 is 0 Å². The molecule has 0 unspecified atom stereocenters. The van der Waals surface area contributed by atoms with E-state index in [0.717, 1.165) is 40.9 Å². The lowest BCUT2D eigenvalue weighted by Gasteiger charge is -2.28. The van der Waals surface area contributed by atoms with Gasteiger partial charge in [0.2, 0.25) is 0 Å². The first kappa shape index (κ1) is 17.4. The number of nitrogens with one attached hydrogen (secondary N) is 1. The van der Waals surface area contributed by atoms with Crippen molar-refractivity contribution in [1.29, 1.82) is 0 Å². The molecule has 2 atom stereocenters. The molecule has 1 amide bonds. The number of hydrogen-bond donors (Lipinski definition) is 1. The van der Waals surface area contributed by atoms with Gasteiger partial charge in [0.05, 0.1) is 27.7 Å². The lowest BCUT2D eigenvalue weighted by atomic mass is 9.79. The van der Waals surface area contributed by atoms with Gasteiger partial charge in [-0.1, -0.05) is 30.9 Å². The van der Waals surface area contributed by atoms with Crippen LogP contribution in [0.25, 0.3) is 10.2 Å². The van der Waals surface area contributed by atoms with E-state index in [0.29, 0.717) is 0 Å². The predicted molar refractivity (Wildman–Crippen MR) is 97.1 cm³/mol. The second-order valence-corrected chi connectivity index (χ2v) is 7.17. The number of benzene rings is 1. The van der Waals surface area contributed by atoms with E-state index < -0.39 is 0 Å². The van der Waals surface area contributed by atoms with E-state index in [1.807, 2.05) is 24.3 Å². The van der Waals surface area contributed by atoms with Crippen LogP contribution in [0.2, 0.25) is 0 Å². The number of nitrogens with zero attached hydrogens (tertiary/aromatic N) is 1. The number of thiazole rings is 1. The van der Waals surface area contributed by atoms with Crippen LogP contribution in [0.4, 0.5) is 0 Å². The molecular formula is C19H20N2O3S. The molecule has 0 radical (unpaired) electrons. The summed E-state index contributed by atoms with van der Waals surface area (Å²) in [7, 11) is 0. The van der Waals surface area contributed by atoms with Gasteiger partial charge in [-0.3, -0.25) is 9.59 Å². The fourth-order valence-corrected chi connectivity index (χ4v) is 4.37. The van der Waals surface area contributed by atoms with Crippen LogP contribution in [0.1, 0.15) is 36.6 Å². The summed E-state index contributed by atoms with van der Waals surface area (Å²) in [4.78, 5) is 28.8. The monoisotopic (exact) mass is 356 g/mol. The molecule has 1 heterocycles. The number of terminal acetylenes is 1. The number of rotatable bonds is 5. The van der Waals surface area contributed by atoms with Crippen molar-refractivity contribution in [2.24, 2.45) is 5.92 Å². The van der Waals surface area contributed by atoms with Crippen molar-refractivity contribution in [3.63, 3.8) is 0 Å². The highest BCUT2D eigenvalue weighted by Gasteiger charge is 2.35. The highest BCUT2D eigenvalue weighted by molar-refractivity contribution is 7.18. The second-order valence-electron chi connectivity index (χ2n) is 6.11. The van der Waals surface area contributed by atoms with Crippen LogP contribution in [-0.4, -0.2) is 30.0 Å². The molecule has 0 aliphatic heterocycles. The molecule has 0 saturated heterocycles. The van der Waals surface area contributed by atoms with E-state index in [1.54, 1.807) is 11.3 Å². The molecule has 1 aliphatic carbocycles. The van der Waals surface area contributed by atoms with Crippen LogP contribution < -0.4 is 5.32 Å². The maximum Gasteiger partial charge on any atom is 0.310 e. The second kappa shape index (κ2) is 8.13. The van der Waals surface area contributed by atoms with Gasteiger partial charge in [-0.25, -0.2) is 4.98 Å². The molecule has 1 aliphatic rings. The zero-order valence-corrected chi connectivity index (χ0v) is 14.7. The number of ether oxygens (including phenoxy) is 1. The number of carbonyl (C=O) groups is 2. The number of fused-ring (bicyclic) bond motifs is 1. The minimum absolute atomic E-state index is 0.0624. The van der Waals surface area contributed by atoms with Crippen molar-refractivity contribution in [2.45, 2.75) is 31.6 Å². The molecule has 3 rings (SSSR count). The van der Waals surface area contributed by atoms with E-state index in [1.165, 1.54) is 0 Å². The third-order valence-electron chi connectivity index (χ3n) is 4.43. The summed E-state index contributed by atoms with van der Waals surface area (Å²) in [6.45, 7) is -0.155. The van der Waals surface area contributed by atoms with Crippen LogP contribution in [0.5, 0.6) is 0 Å². The Hall–Kier alpha value is -2.39. The van der Waals surface area contributed by atoms with Gasteiger partial charge in [0.1, 0.15) is 0 Å². The third-order valence-corrected chi connectivity index (χ3v) is 5.60. The number of esters is 1. The minimum Gasteiger partial charge on any atom is -0.455 e. The first-order valence-corrected chi connectivity index (χ1v) is 9.23. The van der Waals surface area contributed by atoms with Gasteiger partial charge in [-0.2, -0.15) is 0 Å². The Morgan fingerprint density at radius 1 is 1.32 bits per heavy atom. The van der Waals surface area contributed by atoms with Gasteiger partial charge < -0.3 is 10.1 Å². The summed E-state index contributed by atoms with van der Waals surface area (Å²) in [6, 6.07) is 7.99. The van der Waals surface area contributed by atoms with Crippen molar-refractivity contribution in [1.82, 2.24) is 10.3 Å². The summed E-state index contributed by atoms with van der Waals surface area (Å²) in [5, 5.41) is 3.47. The smallest absolute Gasteiger partial charge is 0.310 e. The van der Waals surface area contributed by atoms with E-state index in [2.05, 4.69) is 11.2 Å². The van der Waals surface area contributed by atoms with Crippen LogP contribution in [0, 0.1) is 18.3 Å². The Bertz CT molecular complexity index is 775. The Kier molecular flexibility index (Phi) is 5.67. The van der Waals surface area contributed by atoms with E-state index in [4.69, 9.17) is 16.1 Å². The Balaban J connectivity index is 1.69. The van der Waals surface area contributed by atoms with Gasteiger partial charge in [0.25, 0.3) is 5.91 Å². The molecule has 1 saturated carbocycles. The van der Waals surface area contributed by atoms with Gasteiger partial charge >= 0.3 is 5.97 Å². The predicted octanol–water partition coefficient (Wildman–Crippen LogP) is 2.86. The minimum atomic E-state index is -0.376. The zero-order valence-electron chi connectivity index (χ0n) is 13.9. The van der Waals surface area contributed by atoms with Crippen molar-refractivity contribution in [3.05, 3.63) is 29.3 Å². The Labute approximate surface area is 150 Å². The maximum atomic E-state index is 12.5. The summed E-state index contributed by atoms with van der Waals surface area (Å²) in [6.07, 6.45) is 8.84. The first-order valence-electron chi connectivity index (χ1n) is 8.41. The summed E-state index contributed by atoms with van der Waals surface area (Å²) < 4.78 is 6.35. The van der Waals surface area contributed by atoms with Crippen molar-refractivity contribution in [3.8, 4) is 12.3 Å². The maximum absolute atomic E-state index is 12.5. The SMILES string of the molecule is C#CCNC(=O)COC(=O)[C@H]1CCCC[C@@H]1c1nc2ccccc2s1. The summed E-state index contributed by atoms with van der Waals surface area (Å²) in [5.74, 6) is 1.44. The molecule has 1 N–H and O–H groups in total. The molecule has 0 bridgehead atoms. The molecule has 2 aromatic rings. The standard InChI is InChI=1S/C19H20N2O3S/c1-2-11-20-17(22)12-24-19(23)14-8-4-3-7-13(14)18-21-15-9-5-6-10-16(15)25-18/h1,5-6,9-10,13-14H,3-4,7-8,11-12H2,(H,20,22)/t13-,14-/m0/s1. The van der Waals surface area contributed by atoms with Crippen LogP contribution >= 0.6 is 11.3 Å². The van der Waals surface area contributed by atoms with Crippen LogP contribution in [0.3, 0.4) is 0 Å². The fraction of sp³-hybridized carbons (Fsp3) is 0.421. The third kappa shape index (κ3) is 4.18. The number of aromatic nitrogens is 1. The van der Waals surface area contributed by atoms with Gasteiger partial charge in [0.15, 0.2) is 6.61 Å². The Morgan fingerprint density at radius 2 is 2.12 bits per heavy atom. The van der Waals surface area contributed by atoms with E-state index in [9.17, 15) is 9.59 Å². The first-order chi connectivity index (χ1) is 12.2. The number of hydrogen-bond acceptors (Lipinski definition) is 5. The topological polar surface area (TPSA) is 68.3 Å². The molecule has 1 aromatic carbocycles. The van der Waals surface area contributed by atoms with E-state index in [-0.39, 0.29) is 36.9 Å². The molecule has 1 fully saturated rings. The molecule has 130 valence electrons. The normalized spacial score (nSPS) is 20.0. The van der Waals surface area contributed by atoms with Crippen molar-refractivity contribution < 1.29 is 14.3 Å². The lowest BCUT2D eigenvalue weighted by molar-refractivity contribution is -0.154. The van der Waals surface area contributed by atoms with Gasteiger partial charge in [0, 0.05) is 5.92 Å². The average Bonchev–Trinajstić information content (AvgIpc) is 3.08. The van der Waals surface area contributed by atoms with Crippen LogP contribution in [0.15, 0.2) is 24.3 Å². The summed E-state index contributed by atoms with van der Waals surface area (Å²) >= 11 is 1.64. The fourth-order valence-electron chi connectivity index (χ4n) is 3.20. The highest BCUT2D eigenvalue weighted by atomic mass is 32.1.